The fourth-order valence-corrected chi connectivity index (χ4v) is 2.65. The number of hydrogen-bond donors (Lipinski definition) is 1. The molecule has 114 valence electrons. The number of nitrogens with two attached hydrogens (primary N) is 1. The van der Waals surface area contributed by atoms with Crippen LogP contribution in [0.4, 0.5) is 10.7 Å². The Morgan fingerprint density at radius 1 is 1.40 bits per heavy atom. The van der Waals surface area contributed by atoms with Crippen molar-refractivity contribution < 1.29 is 19.0 Å². The summed E-state index contributed by atoms with van der Waals surface area (Å²) in [5, 5.41) is 0.800. The summed E-state index contributed by atoms with van der Waals surface area (Å²) in [4.78, 5) is 14.0. The van der Waals surface area contributed by atoms with Gasteiger partial charge in [-0.25, -0.2) is 4.79 Å². The number of anilines is 2. The molecule has 0 saturated carbocycles. The van der Waals surface area contributed by atoms with Crippen LogP contribution in [0.5, 0.6) is 5.75 Å². The summed E-state index contributed by atoms with van der Waals surface area (Å²) in [5.74, 6) is 0.0801. The number of carbonyl (C=O) groups excluding carboxylic acids is 1. The summed E-state index contributed by atoms with van der Waals surface area (Å²) in [6.45, 7) is 5.07. The van der Waals surface area contributed by atoms with Crippen LogP contribution in [0.3, 0.4) is 0 Å². The largest absolute Gasteiger partial charge is 0.486 e. The van der Waals surface area contributed by atoms with E-state index in [-0.39, 0.29) is 6.10 Å². The molecule has 1 heterocycles. The molecular weight excluding hydrogens is 280 g/mol. The summed E-state index contributed by atoms with van der Waals surface area (Å²) in [5.41, 5.74) is 6.35. The Morgan fingerprint density at radius 3 is 2.55 bits per heavy atom. The van der Waals surface area contributed by atoms with Gasteiger partial charge in [0, 0.05) is 20.7 Å². The number of ether oxygens (including phenoxy) is 3. The molecule has 0 saturated heterocycles. The number of thiophene rings is 1. The van der Waals surface area contributed by atoms with Gasteiger partial charge in [0.2, 0.25) is 0 Å². The fourth-order valence-electron chi connectivity index (χ4n) is 1.59. The van der Waals surface area contributed by atoms with Crippen molar-refractivity contribution in [3.63, 3.8) is 0 Å². The Hall–Kier alpha value is -1.47. The molecule has 0 radical (unpaired) electrons. The first-order valence-electron chi connectivity index (χ1n) is 6.29. The highest BCUT2D eigenvalue weighted by molar-refractivity contribution is 7.19. The lowest BCUT2D eigenvalue weighted by molar-refractivity contribution is 0.0607. The van der Waals surface area contributed by atoms with Gasteiger partial charge in [-0.1, -0.05) is 0 Å². The second kappa shape index (κ2) is 7.35. The van der Waals surface area contributed by atoms with Crippen molar-refractivity contribution >= 4 is 28.0 Å². The summed E-state index contributed by atoms with van der Waals surface area (Å²) >= 11 is 1.27. The molecule has 0 unspecified atom stereocenters. The van der Waals surface area contributed by atoms with Gasteiger partial charge < -0.3 is 24.8 Å². The van der Waals surface area contributed by atoms with Crippen molar-refractivity contribution in [1.29, 1.82) is 0 Å². The lowest BCUT2D eigenvalue weighted by Crippen LogP contribution is -2.22. The van der Waals surface area contributed by atoms with Crippen molar-refractivity contribution in [3.05, 3.63) is 4.88 Å². The maximum Gasteiger partial charge on any atom is 0.350 e. The Labute approximate surface area is 123 Å². The predicted octanol–water partition coefficient (Wildman–Crippen LogP) is 1.99. The van der Waals surface area contributed by atoms with E-state index < -0.39 is 5.97 Å². The van der Waals surface area contributed by atoms with E-state index in [1.54, 1.807) is 7.11 Å². The summed E-state index contributed by atoms with van der Waals surface area (Å²) < 4.78 is 15.6. The van der Waals surface area contributed by atoms with E-state index in [1.807, 2.05) is 25.8 Å². The zero-order chi connectivity index (χ0) is 15.3. The van der Waals surface area contributed by atoms with E-state index in [1.165, 1.54) is 18.4 Å². The van der Waals surface area contributed by atoms with Gasteiger partial charge in [-0.3, -0.25) is 0 Å². The number of esters is 1. The van der Waals surface area contributed by atoms with Crippen molar-refractivity contribution in [1.82, 2.24) is 0 Å². The minimum Gasteiger partial charge on any atom is -0.486 e. The highest BCUT2D eigenvalue weighted by Gasteiger charge is 2.25. The molecule has 0 atom stereocenters. The van der Waals surface area contributed by atoms with E-state index in [0.717, 1.165) is 5.00 Å². The molecule has 0 fully saturated rings. The van der Waals surface area contributed by atoms with E-state index >= 15 is 0 Å². The molecule has 1 aromatic heterocycles. The molecule has 0 aliphatic heterocycles. The van der Waals surface area contributed by atoms with Crippen LogP contribution in [0.1, 0.15) is 23.5 Å². The number of carbonyl (C=O) groups is 1. The smallest absolute Gasteiger partial charge is 0.350 e. The molecule has 1 aromatic rings. The van der Waals surface area contributed by atoms with E-state index in [0.29, 0.717) is 29.5 Å². The van der Waals surface area contributed by atoms with Crippen LogP contribution in [0.2, 0.25) is 0 Å². The summed E-state index contributed by atoms with van der Waals surface area (Å²) in [6, 6.07) is 0. The van der Waals surface area contributed by atoms with Crippen molar-refractivity contribution in [2.75, 3.05) is 45.1 Å². The second-order valence-electron chi connectivity index (χ2n) is 4.55. The maximum atomic E-state index is 11.7. The van der Waals surface area contributed by atoms with Crippen LogP contribution >= 0.6 is 11.3 Å². The van der Waals surface area contributed by atoms with Gasteiger partial charge in [-0.15, -0.1) is 11.3 Å². The number of likely N-dealkylation sites (N-methyl/N-ethyl adjacent to an activating group) is 1. The first-order valence-corrected chi connectivity index (χ1v) is 7.11. The maximum absolute atomic E-state index is 11.7. The average Bonchev–Trinajstić information content (AvgIpc) is 2.72. The molecule has 1 rings (SSSR count). The summed E-state index contributed by atoms with van der Waals surface area (Å²) in [7, 11) is 4.87. The molecule has 6 nitrogen and oxygen atoms in total. The SMILES string of the molecule is COCCN(C)c1sc(C(=O)OC)c(N)c1OC(C)C. The molecule has 0 aliphatic rings. The first-order chi connectivity index (χ1) is 9.42. The van der Waals surface area contributed by atoms with Gasteiger partial charge in [-0.2, -0.15) is 0 Å². The molecule has 20 heavy (non-hydrogen) atoms. The normalized spacial score (nSPS) is 10.7. The van der Waals surface area contributed by atoms with Crippen LogP contribution < -0.4 is 15.4 Å². The Balaban J connectivity index is 3.15. The predicted molar refractivity (Wildman–Crippen MR) is 81.0 cm³/mol. The number of rotatable bonds is 7. The van der Waals surface area contributed by atoms with E-state index in [4.69, 9.17) is 19.9 Å². The van der Waals surface area contributed by atoms with Crippen LogP contribution in [-0.4, -0.2) is 46.5 Å². The second-order valence-corrected chi connectivity index (χ2v) is 5.55. The third-order valence-electron chi connectivity index (χ3n) is 2.58. The first kappa shape index (κ1) is 16.6. The quantitative estimate of drug-likeness (QED) is 0.776. The van der Waals surface area contributed by atoms with Crippen LogP contribution in [0.25, 0.3) is 0 Å². The Morgan fingerprint density at radius 2 is 2.05 bits per heavy atom. The molecule has 7 heteroatoms. The Bertz CT molecular complexity index is 459. The average molecular weight is 302 g/mol. The molecule has 0 aliphatic carbocycles. The number of methoxy groups -OCH3 is 2. The fraction of sp³-hybridized carbons (Fsp3) is 0.615. The molecule has 2 N–H and O–H groups in total. The monoisotopic (exact) mass is 302 g/mol. The lowest BCUT2D eigenvalue weighted by atomic mass is 10.3. The van der Waals surface area contributed by atoms with Crippen LogP contribution in [0.15, 0.2) is 0 Å². The van der Waals surface area contributed by atoms with Gasteiger partial charge in [0.05, 0.1) is 19.8 Å². The third-order valence-corrected chi connectivity index (χ3v) is 3.87. The third kappa shape index (κ3) is 3.77. The number of hydrogen-bond acceptors (Lipinski definition) is 7. The lowest BCUT2D eigenvalue weighted by Gasteiger charge is -2.20. The van der Waals surface area contributed by atoms with Gasteiger partial charge in [0.15, 0.2) is 5.75 Å². The van der Waals surface area contributed by atoms with Gasteiger partial charge >= 0.3 is 5.97 Å². The van der Waals surface area contributed by atoms with Gasteiger partial charge in [0.25, 0.3) is 0 Å². The number of nitrogens with zero attached hydrogens (tertiary/aromatic N) is 1. The van der Waals surface area contributed by atoms with Crippen molar-refractivity contribution in [2.45, 2.75) is 20.0 Å². The standard InChI is InChI=1S/C13H22N2O4S/c1-8(2)19-10-9(14)11(13(16)18-5)20-12(10)15(3)6-7-17-4/h8H,6-7,14H2,1-5H3. The van der Waals surface area contributed by atoms with E-state index in [9.17, 15) is 4.79 Å². The minimum atomic E-state index is -0.451. The zero-order valence-corrected chi connectivity index (χ0v) is 13.4. The number of nitrogen functional groups attached to an aromatic ring is 1. The molecule has 0 bridgehead atoms. The highest BCUT2D eigenvalue weighted by atomic mass is 32.1. The molecule has 0 aromatic carbocycles. The minimum absolute atomic E-state index is 0.0352. The topological polar surface area (TPSA) is 74.0 Å². The molecular formula is C13H22N2O4S. The van der Waals surface area contributed by atoms with E-state index in [2.05, 4.69) is 0 Å². The summed E-state index contributed by atoms with van der Waals surface area (Å²) in [6.07, 6.45) is -0.0352. The zero-order valence-electron chi connectivity index (χ0n) is 12.6. The molecule has 0 amide bonds. The Kier molecular flexibility index (Phi) is 6.09. The highest BCUT2D eigenvalue weighted by Crippen LogP contribution is 2.45. The van der Waals surface area contributed by atoms with Crippen LogP contribution in [-0.2, 0) is 9.47 Å². The van der Waals surface area contributed by atoms with Crippen LogP contribution in [0, 0.1) is 0 Å². The van der Waals surface area contributed by atoms with Gasteiger partial charge in [0.1, 0.15) is 15.6 Å². The van der Waals surface area contributed by atoms with Gasteiger partial charge in [-0.05, 0) is 13.8 Å². The molecule has 0 spiro atoms. The van der Waals surface area contributed by atoms with Crippen molar-refractivity contribution in [3.8, 4) is 5.75 Å². The van der Waals surface area contributed by atoms with Crippen molar-refractivity contribution in [2.24, 2.45) is 0 Å².